The van der Waals surface area contributed by atoms with Crippen LogP contribution in [0.15, 0.2) is 24.3 Å². The fourth-order valence-corrected chi connectivity index (χ4v) is 1.59. The quantitative estimate of drug-likeness (QED) is 0.492. The summed E-state index contributed by atoms with van der Waals surface area (Å²) in [5.41, 5.74) is 5.65. The van der Waals surface area contributed by atoms with Crippen molar-refractivity contribution in [3.63, 3.8) is 0 Å². The van der Waals surface area contributed by atoms with Gasteiger partial charge in [-0.05, 0) is 31.2 Å². The van der Waals surface area contributed by atoms with Gasteiger partial charge >= 0.3 is 21.3 Å². The first kappa shape index (κ1) is 15.3. The summed E-state index contributed by atoms with van der Waals surface area (Å²) in [6.45, 7) is 0.656. The van der Waals surface area contributed by atoms with Crippen LogP contribution in [0, 0.1) is 0 Å². The zero-order valence-electron chi connectivity index (χ0n) is 9.71. The van der Waals surface area contributed by atoms with Gasteiger partial charge in [0.2, 0.25) is 0 Å². The number of nitrogens with two attached hydrogens (primary N) is 1. The lowest BCUT2D eigenvalue weighted by atomic mass is 10.2. The number of alkyl halides is 2. The minimum absolute atomic E-state index is 0.0767. The van der Waals surface area contributed by atoms with Gasteiger partial charge in [-0.15, -0.1) is 0 Å². The highest BCUT2D eigenvalue weighted by molar-refractivity contribution is 7.86. The Morgan fingerprint density at radius 1 is 1.37 bits per heavy atom. The molecule has 9 heteroatoms. The Morgan fingerprint density at radius 2 is 1.84 bits per heavy atom. The Balaban J connectivity index is 2.86. The summed E-state index contributed by atoms with van der Waals surface area (Å²) >= 11 is 0. The molecule has 1 aromatic carbocycles. The van der Waals surface area contributed by atoms with E-state index >= 15 is 0 Å². The van der Waals surface area contributed by atoms with Crippen LogP contribution in [0.25, 0.3) is 0 Å². The molecule has 19 heavy (non-hydrogen) atoms. The van der Waals surface area contributed by atoms with Crippen molar-refractivity contribution in [2.45, 2.75) is 18.3 Å². The number of halogens is 2. The standard InChI is InChI=1S/C10H11F2NO5S/c1-6(10(11,12)19(15,16)17)18-9(14)7-2-4-8(13)5-3-7/h2-6H,13H2,1H3,(H,15,16,17). The molecule has 0 saturated carbocycles. The first-order chi connectivity index (χ1) is 8.55. The number of nitrogen functional groups attached to an aromatic ring is 1. The molecule has 0 aliphatic rings. The van der Waals surface area contributed by atoms with Gasteiger partial charge in [0, 0.05) is 5.69 Å². The fraction of sp³-hybridized carbons (Fsp3) is 0.300. The maximum Gasteiger partial charge on any atom is 0.405 e. The van der Waals surface area contributed by atoms with Gasteiger partial charge < -0.3 is 10.5 Å². The van der Waals surface area contributed by atoms with Crippen molar-refractivity contribution < 1.29 is 31.3 Å². The monoisotopic (exact) mass is 295 g/mol. The van der Waals surface area contributed by atoms with Crippen molar-refractivity contribution >= 4 is 21.8 Å². The molecule has 6 nitrogen and oxygen atoms in total. The van der Waals surface area contributed by atoms with Crippen molar-refractivity contribution in [3.05, 3.63) is 29.8 Å². The second-order valence-electron chi connectivity index (χ2n) is 3.71. The van der Waals surface area contributed by atoms with E-state index in [1.165, 1.54) is 24.3 Å². The van der Waals surface area contributed by atoms with Crippen molar-refractivity contribution in [3.8, 4) is 0 Å². The molecular weight excluding hydrogens is 284 g/mol. The van der Waals surface area contributed by atoms with Crippen LogP contribution in [0.1, 0.15) is 17.3 Å². The molecule has 0 aliphatic carbocycles. The smallest absolute Gasteiger partial charge is 0.405 e. The fourth-order valence-electron chi connectivity index (χ4n) is 1.13. The number of carbonyl (C=O) groups excluding carboxylic acids is 1. The molecule has 1 rings (SSSR count). The van der Waals surface area contributed by atoms with E-state index in [0.29, 0.717) is 12.6 Å². The lowest BCUT2D eigenvalue weighted by Gasteiger charge is -2.20. The van der Waals surface area contributed by atoms with Gasteiger partial charge in [0.25, 0.3) is 0 Å². The van der Waals surface area contributed by atoms with E-state index < -0.39 is 27.4 Å². The van der Waals surface area contributed by atoms with Crippen LogP contribution >= 0.6 is 0 Å². The lowest BCUT2D eigenvalue weighted by Crippen LogP contribution is -2.42. The number of esters is 1. The Bertz CT molecular complexity index is 570. The summed E-state index contributed by atoms with van der Waals surface area (Å²) in [5, 5.41) is -4.59. The Kier molecular flexibility index (Phi) is 4.11. The van der Waals surface area contributed by atoms with Crippen LogP contribution in [0.3, 0.4) is 0 Å². The highest BCUT2D eigenvalue weighted by Crippen LogP contribution is 2.27. The number of rotatable bonds is 4. The third-order valence-corrected chi connectivity index (χ3v) is 3.27. The molecule has 0 heterocycles. The summed E-state index contributed by atoms with van der Waals surface area (Å²) in [5.74, 6) is -1.16. The lowest BCUT2D eigenvalue weighted by molar-refractivity contribution is -0.0549. The number of hydrogen-bond acceptors (Lipinski definition) is 5. The van der Waals surface area contributed by atoms with E-state index in [0.717, 1.165) is 0 Å². The molecule has 0 amide bonds. The summed E-state index contributed by atoms with van der Waals surface area (Å²) in [6, 6.07) is 5.16. The highest BCUT2D eigenvalue weighted by atomic mass is 32.2. The van der Waals surface area contributed by atoms with Gasteiger partial charge in [-0.25, -0.2) is 4.79 Å². The molecule has 1 atom stereocenters. The second-order valence-corrected chi connectivity index (χ2v) is 5.20. The SMILES string of the molecule is CC(OC(=O)c1ccc(N)cc1)C(F)(F)S(=O)(=O)O. The third kappa shape index (κ3) is 3.38. The molecule has 3 N–H and O–H groups in total. The van der Waals surface area contributed by atoms with Gasteiger partial charge in [-0.1, -0.05) is 0 Å². The first-order valence-electron chi connectivity index (χ1n) is 4.97. The molecule has 1 aromatic rings. The second kappa shape index (κ2) is 5.10. The summed E-state index contributed by atoms with van der Waals surface area (Å²) < 4.78 is 59.8. The average molecular weight is 295 g/mol. The van der Waals surface area contributed by atoms with E-state index in [1.54, 1.807) is 0 Å². The molecule has 0 bridgehead atoms. The average Bonchev–Trinajstić information content (AvgIpc) is 2.28. The van der Waals surface area contributed by atoms with Crippen molar-refractivity contribution in [2.75, 3.05) is 5.73 Å². The van der Waals surface area contributed by atoms with Crippen LogP contribution in [0.2, 0.25) is 0 Å². The summed E-state index contributed by atoms with van der Waals surface area (Å²) in [6.07, 6.45) is -2.34. The maximum absolute atomic E-state index is 13.1. The Morgan fingerprint density at radius 3 is 2.26 bits per heavy atom. The highest BCUT2D eigenvalue weighted by Gasteiger charge is 2.52. The minimum Gasteiger partial charge on any atom is -0.451 e. The van der Waals surface area contributed by atoms with E-state index in [9.17, 15) is 22.0 Å². The largest absolute Gasteiger partial charge is 0.451 e. The summed E-state index contributed by atoms with van der Waals surface area (Å²) in [4.78, 5) is 11.5. The predicted molar refractivity (Wildman–Crippen MR) is 62.2 cm³/mol. The number of hydrogen-bond donors (Lipinski definition) is 2. The molecule has 0 fully saturated rings. The maximum atomic E-state index is 13.1. The van der Waals surface area contributed by atoms with Gasteiger partial charge in [-0.2, -0.15) is 17.2 Å². The van der Waals surface area contributed by atoms with Crippen LogP contribution in [0.5, 0.6) is 0 Å². The van der Waals surface area contributed by atoms with E-state index in [4.69, 9.17) is 10.3 Å². The van der Waals surface area contributed by atoms with E-state index in [2.05, 4.69) is 4.74 Å². The topological polar surface area (TPSA) is 107 Å². The molecule has 106 valence electrons. The van der Waals surface area contributed by atoms with Crippen LogP contribution in [-0.4, -0.2) is 30.3 Å². The van der Waals surface area contributed by atoms with Crippen molar-refractivity contribution in [1.82, 2.24) is 0 Å². The predicted octanol–water partition coefficient (Wildman–Crippen LogP) is 1.29. The number of ether oxygens (including phenoxy) is 1. The third-order valence-electron chi connectivity index (χ3n) is 2.25. The first-order valence-corrected chi connectivity index (χ1v) is 6.41. The summed E-state index contributed by atoms with van der Waals surface area (Å²) in [7, 11) is -5.67. The molecule has 0 aromatic heterocycles. The molecule has 0 radical (unpaired) electrons. The minimum atomic E-state index is -5.67. The Labute approximate surface area is 107 Å². The molecule has 1 unspecified atom stereocenters. The van der Waals surface area contributed by atoms with Gasteiger partial charge in [-0.3, -0.25) is 4.55 Å². The normalized spacial score (nSPS) is 13.9. The number of anilines is 1. The van der Waals surface area contributed by atoms with Crippen LogP contribution in [-0.2, 0) is 14.9 Å². The van der Waals surface area contributed by atoms with Crippen molar-refractivity contribution in [2.24, 2.45) is 0 Å². The van der Waals surface area contributed by atoms with E-state index in [-0.39, 0.29) is 5.56 Å². The Hall–Kier alpha value is -1.74. The van der Waals surface area contributed by atoms with Crippen LogP contribution < -0.4 is 5.73 Å². The van der Waals surface area contributed by atoms with Gasteiger partial charge in [0.05, 0.1) is 5.56 Å². The zero-order valence-corrected chi connectivity index (χ0v) is 10.5. The molecular formula is C10H11F2NO5S. The molecule has 0 aliphatic heterocycles. The number of benzene rings is 1. The number of carbonyl (C=O) groups is 1. The van der Waals surface area contributed by atoms with E-state index in [1.807, 2.05) is 0 Å². The van der Waals surface area contributed by atoms with Crippen molar-refractivity contribution in [1.29, 1.82) is 0 Å². The molecule has 0 saturated heterocycles. The van der Waals surface area contributed by atoms with Gasteiger partial charge in [0.15, 0.2) is 6.10 Å². The van der Waals surface area contributed by atoms with Crippen LogP contribution in [0.4, 0.5) is 14.5 Å². The molecule has 0 spiro atoms. The zero-order chi connectivity index (χ0) is 14.8. The van der Waals surface area contributed by atoms with Gasteiger partial charge in [0.1, 0.15) is 0 Å².